The molecule has 1 aliphatic rings. The standard InChI is InChI=1S/C23H24ClN3O4/c1-14(28)27-20(12-16-13-26-19-5-3-2-4-17(16)19)23(29)25-7-6-15-10-18(24)22-21(11-15)30-8-9-31-22/h2-5,10-11,13,20,26H,6-9,12H2,1H3,(H,25,29)(H,27,28)/t20-/m0/s1. The Morgan fingerprint density at radius 2 is 2.00 bits per heavy atom. The van der Waals surface area contributed by atoms with E-state index in [-0.39, 0.29) is 11.8 Å². The van der Waals surface area contributed by atoms with Gasteiger partial charge in [-0.1, -0.05) is 29.8 Å². The minimum atomic E-state index is -0.666. The van der Waals surface area contributed by atoms with Gasteiger partial charge in [-0.3, -0.25) is 9.59 Å². The highest BCUT2D eigenvalue weighted by molar-refractivity contribution is 6.32. The molecule has 7 nitrogen and oxygen atoms in total. The van der Waals surface area contributed by atoms with Gasteiger partial charge in [0.25, 0.3) is 0 Å². The summed E-state index contributed by atoms with van der Waals surface area (Å²) >= 11 is 6.28. The number of carbonyl (C=O) groups is 2. The smallest absolute Gasteiger partial charge is 0.242 e. The van der Waals surface area contributed by atoms with Crippen LogP contribution in [0.2, 0.25) is 5.02 Å². The topological polar surface area (TPSA) is 92.5 Å². The highest BCUT2D eigenvalue weighted by Crippen LogP contribution is 2.38. The number of ether oxygens (including phenoxy) is 2. The number of halogens is 1. The summed E-state index contributed by atoms with van der Waals surface area (Å²) in [5, 5.41) is 7.21. The average molecular weight is 442 g/mol. The zero-order valence-corrected chi connectivity index (χ0v) is 17.9. The van der Waals surface area contributed by atoms with Gasteiger partial charge in [-0.15, -0.1) is 0 Å². The molecule has 2 heterocycles. The molecule has 1 aliphatic heterocycles. The number of amides is 2. The van der Waals surface area contributed by atoms with Gasteiger partial charge in [-0.05, 0) is 35.7 Å². The Morgan fingerprint density at radius 1 is 1.19 bits per heavy atom. The van der Waals surface area contributed by atoms with Crippen LogP contribution in [0.3, 0.4) is 0 Å². The molecule has 3 N–H and O–H groups in total. The summed E-state index contributed by atoms with van der Waals surface area (Å²) in [6.07, 6.45) is 2.84. The van der Waals surface area contributed by atoms with Gasteiger partial charge in [0.05, 0.1) is 5.02 Å². The van der Waals surface area contributed by atoms with Gasteiger partial charge in [-0.25, -0.2) is 0 Å². The summed E-state index contributed by atoms with van der Waals surface area (Å²) in [4.78, 5) is 27.7. The van der Waals surface area contributed by atoms with Gasteiger partial charge in [0.1, 0.15) is 19.3 Å². The van der Waals surface area contributed by atoms with Crippen molar-refractivity contribution in [2.24, 2.45) is 0 Å². The minimum absolute atomic E-state index is 0.232. The van der Waals surface area contributed by atoms with Gasteiger partial charge in [0.2, 0.25) is 11.8 Å². The molecular formula is C23H24ClN3O4. The van der Waals surface area contributed by atoms with Crippen molar-refractivity contribution in [3.8, 4) is 11.5 Å². The van der Waals surface area contributed by atoms with E-state index in [1.54, 1.807) is 0 Å². The Morgan fingerprint density at radius 3 is 2.84 bits per heavy atom. The van der Waals surface area contributed by atoms with Crippen LogP contribution in [-0.4, -0.2) is 42.6 Å². The van der Waals surface area contributed by atoms with E-state index >= 15 is 0 Å². The molecule has 2 aromatic carbocycles. The summed E-state index contributed by atoms with van der Waals surface area (Å²) in [6, 6.07) is 10.9. The summed E-state index contributed by atoms with van der Waals surface area (Å²) in [5.74, 6) is 0.698. The molecule has 0 bridgehead atoms. The Balaban J connectivity index is 1.40. The van der Waals surface area contributed by atoms with Crippen LogP contribution in [0.25, 0.3) is 10.9 Å². The fourth-order valence-corrected chi connectivity index (χ4v) is 4.02. The SMILES string of the molecule is CC(=O)N[C@@H](Cc1c[nH]c2ccccc12)C(=O)NCCc1cc(Cl)c2c(c1)OCCO2. The van der Waals surface area contributed by atoms with Crippen molar-refractivity contribution in [1.82, 2.24) is 15.6 Å². The molecule has 0 spiro atoms. The van der Waals surface area contributed by atoms with Gasteiger partial charge < -0.3 is 25.1 Å². The Kier molecular flexibility index (Phi) is 6.32. The second kappa shape index (κ2) is 9.31. The molecule has 4 rings (SSSR count). The molecule has 0 aliphatic carbocycles. The minimum Gasteiger partial charge on any atom is -0.486 e. The maximum absolute atomic E-state index is 12.8. The first-order chi connectivity index (χ1) is 15.0. The molecule has 0 unspecified atom stereocenters. The predicted molar refractivity (Wildman–Crippen MR) is 119 cm³/mol. The summed E-state index contributed by atoms with van der Waals surface area (Å²) in [7, 11) is 0. The number of aromatic nitrogens is 1. The molecule has 162 valence electrons. The van der Waals surface area contributed by atoms with Crippen molar-refractivity contribution in [3.05, 3.63) is 58.7 Å². The third-order valence-electron chi connectivity index (χ3n) is 5.16. The van der Waals surface area contributed by atoms with Crippen molar-refractivity contribution < 1.29 is 19.1 Å². The van der Waals surface area contributed by atoms with E-state index < -0.39 is 6.04 Å². The highest BCUT2D eigenvalue weighted by atomic mass is 35.5. The molecular weight excluding hydrogens is 418 g/mol. The van der Waals surface area contributed by atoms with E-state index in [9.17, 15) is 9.59 Å². The molecule has 0 radical (unpaired) electrons. The van der Waals surface area contributed by atoms with Crippen LogP contribution in [0.15, 0.2) is 42.6 Å². The number of benzene rings is 2. The zero-order valence-electron chi connectivity index (χ0n) is 17.2. The molecule has 3 aromatic rings. The van der Waals surface area contributed by atoms with Crippen LogP contribution in [0, 0.1) is 0 Å². The second-order valence-corrected chi connectivity index (χ2v) is 7.87. The van der Waals surface area contributed by atoms with Gasteiger partial charge in [0, 0.05) is 37.0 Å². The Bertz CT molecular complexity index is 1110. The highest BCUT2D eigenvalue weighted by Gasteiger charge is 2.22. The first-order valence-electron chi connectivity index (χ1n) is 10.2. The van der Waals surface area contributed by atoms with E-state index in [1.807, 2.05) is 42.6 Å². The van der Waals surface area contributed by atoms with Crippen LogP contribution in [0.5, 0.6) is 11.5 Å². The van der Waals surface area contributed by atoms with Crippen molar-refractivity contribution >= 4 is 34.3 Å². The summed E-state index contributed by atoms with van der Waals surface area (Å²) < 4.78 is 11.1. The third kappa shape index (κ3) is 4.94. The fraction of sp³-hybridized carbons (Fsp3) is 0.304. The number of aromatic amines is 1. The Labute approximate surface area is 185 Å². The first kappa shape index (κ1) is 21.1. The number of hydrogen-bond donors (Lipinski definition) is 3. The average Bonchev–Trinajstić information content (AvgIpc) is 3.16. The lowest BCUT2D eigenvalue weighted by atomic mass is 10.0. The maximum atomic E-state index is 12.8. The first-order valence-corrected chi connectivity index (χ1v) is 10.6. The molecule has 1 atom stereocenters. The van der Waals surface area contributed by atoms with Crippen LogP contribution in [0.1, 0.15) is 18.1 Å². The largest absolute Gasteiger partial charge is 0.486 e. The monoisotopic (exact) mass is 441 g/mol. The van der Waals surface area contributed by atoms with E-state index in [0.29, 0.717) is 49.1 Å². The summed E-state index contributed by atoms with van der Waals surface area (Å²) in [5.41, 5.74) is 2.90. The molecule has 2 amide bonds. The lowest BCUT2D eigenvalue weighted by molar-refractivity contribution is -0.128. The van der Waals surface area contributed by atoms with Gasteiger partial charge in [-0.2, -0.15) is 0 Å². The number of hydrogen-bond acceptors (Lipinski definition) is 4. The Hall–Kier alpha value is -3.19. The molecule has 0 saturated carbocycles. The van der Waals surface area contributed by atoms with Gasteiger partial charge >= 0.3 is 0 Å². The number of nitrogens with one attached hydrogen (secondary N) is 3. The van der Waals surface area contributed by atoms with Crippen molar-refractivity contribution in [2.75, 3.05) is 19.8 Å². The number of para-hydroxylation sites is 1. The molecule has 0 saturated heterocycles. The third-order valence-corrected chi connectivity index (χ3v) is 5.44. The van der Waals surface area contributed by atoms with Crippen LogP contribution in [-0.2, 0) is 22.4 Å². The number of carbonyl (C=O) groups excluding carboxylic acids is 2. The van der Waals surface area contributed by atoms with Crippen molar-refractivity contribution in [1.29, 1.82) is 0 Å². The lowest BCUT2D eigenvalue weighted by Crippen LogP contribution is -2.47. The number of H-pyrrole nitrogens is 1. The van der Waals surface area contributed by atoms with Crippen molar-refractivity contribution in [2.45, 2.75) is 25.8 Å². The number of rotatable bonds is 7. The van der Waals surface area contributed by atoms with Crippen molar-refractivity contribution in [3.63, 3.8) is 0 Å². The van der Waals surface area contributed by atoms with E-state index in [1.165, 1.54) is 6.92 Å². The van der Waals surface area contributed by atoms with Crippen LogP contribution >= 0.6 is 11.6 Å². The normalized spacial score (nSPS) is 13.6. The molecule has 31 heavy (non-hydrogen) atoms. The van der Waals surface area contributed by atoms with E-state index in [4.69, 9.17) is 21.1 Å². The van der Waals surface area contributed by atoms with Crippen LogP contribution < -0.4 is 20.1 Å². The lowest BCUT2D eigenvalue weighted by Gasteiger charge is -2.20. The molecule has 1 aromatic heterocycles. The maximum Gasteiger partial charge on any atom is 0.242 e. The quantitative estimate of drug-likeness (QED) is 0.525. The second-order valence-electron chi connectivity index (χ2n) is 7.46. The van der Waals surface area contributed by atoms with E-state index in [0.717, 1.165) is 22.0 Å². The number of fused-ring (bicyclic) bond motifs is 2. The zero-order chi connectivity index (χ0) is 21.8. The molecule has 8 heteroatoms. The fourth-order valence-electron chi connectivity index (χ4n) is 3.74. The predicted octanol–water partition coefficient (Wildman–Crippen LogP) is 3.00. The molecule has 0 fully saturated rings. The van der Waals surface area contributed by atoms with E-state index in [2.05, 4.69) is 15.6 Å². The van der Waals surface area contributed by atoms with Gasteiger partial charge in [0.15, 0.2) is 11.5 Å². The van der Waals surface area contributed by atoms with Crippen LogP contribution in [0.4, 0.5) is 0 Å². The summed E-state index contributed by atoms with van der Waals surface area (Å²) in [6.45, 7) is 2.77.